The second-order valence-electron chi connectivity index (χ2n) is 6.65. The van der Waals surface area contributed by atoms with Gasteiger partial charge in [0, 0.05) is 18.2 Å². The second kappa shape index (κ2) is 7.23. The maximum Gasteiger partial charge on any atom is 0.254 e. The molecule has 1 aliphatic rings. The average Bonchev–Trinajstić information content (AvgIpc) is 3.09. The number of ether oxygens (including phenoxy) is 1. The van der Waals surface area contributed by atoms with Crippen molar-refractivity contribution >= 4 is 5.91 Å². The lowest BCUT2D eigenvalue weighted by molar-refractivity contribution is 0.0706. The highest BCUT2D eigenvalue weighted by atomic mass is 19.1. The van der Waals surface area contributed by atoms with Gasteiger partial charge in [0.25, 0.3) is 5.91 Å². The minimum absolute atomic E-state index is 0.107. The molecule has 6 heteroatoms. The minimum atomic E-state index is -0.348. The molecule has 0 aliphatic carbocycles. The molecular weight excluding hydrogens is 345 g/mol. The first-order valence-corrected chi connectivity index (χ1v) is 8.89. The summed E-state index contributed by atoms with van der Waals surface area (Å²) in [5, 5.41) is 4.48. The van der Waals surface area contributed by atoms with Crippen LogP contribution in [0.25, 0.3) is 0 Å². The molecule has 0 unspecified atom stereocenters. The molecule has 0 saturated heterocycles. The van der Waals surface area contributed by atoms with Gasteiger partial charge in [-0.25, -0.2) is 4.39 Å². The van der Waals surface area contributed by atoms with Crippen molar-refractivity contribution in [1.82, 2.24) is 14.7 Å². The van der Waals surface area contributed by atoms with Crippen molar-refractivity contribution in [2.24, 2.45) is 0 Å². The van der Waals surface area contributed by atoms with Crippen LogP contribution in [0.3, 0.4) is 0 Å². The maximum atomic E-state index is 13.1. The first kappa shape index (κ1) is 17.3. The maximum absolute atomic E-state index is 13.1. The van der Waals surface area contributed by atoms with E-state index in [1.165, 1.54) is 29.8 Å². The fourth-order valence-corrected chi connectivity index (χ4v) is 3.18. The summed E-state index contributed by atoms with van der Waals surface area (Å²) in [4.78, 5) is 14.4. The van der Waals surface area contributed by atoms with Gasteiger partial charge < -0.3 is 9.64 Å². The van der Waals surface area contributed by atoms with E-state index in [4.69, 9.17) is 4.74 Å². The topological polar surface area (TPSA) is 47.4 Å². The molecule has 0 N–H and O–H groups in total. The van der Waals surface area contributed by atoms with Gasteiger partial charge in [0.05, 0.1) is 18.8 Å². The van der Waals surface area contributed by atoms with Gasteiger partial charge in [-0.3, -0.25) is 9.48 Å². The van der Waals surface area contributed by atoms with Crippen molar-refractivity contribution in [2.75, 3.05) is 6.54 Å². The summed E-state index contributed by atoms with van der Waals surface area (Å²) in [5.41, 5.74) is 3.71. The second-order valence-corrected chi connectivity index (χ2v) is 6.65. The Balaban J connectivity index is 1.43. The number of aromatic nitrogens is 2. The van der Waals surface area contributed by atoms with Gasteiger partial charge in [-0.15, -0.1) is 5.10 Å². The van der Waals surface area contributed by atoms with E-state index < -0.39 is 0 Å². The van der Waals surface area contributed by atoms with E-state index >= 15 is 0 Å². The number of aryl methyl sites for hydroxylation is 1. The molecule has 2 heterocycles. The quantitative estimate of drug-likeness (QED) is 0.710. The van der Waals surface area contributed by atoms with Crippen molar-refractivity contribution in [1.29, 1.82) is 0 Å². The number of fused-ring (bicyclic) bond motifs is 1. The summed E-state index contributed by atoms with van der Waals surface area (Å²) in [7, 11) is 0. The number of amides is 1. The Bertz CT molecular complexity index is 966. The minimum Gasteiger partial charge on any atom is -0.472 e. The molecule has 138 valence electrons. The average molecular weight is 365 g/mol. The molecule has 0 radical (unpaired) electrons. The summed E-state index contributed by atoms with van der Waals surface area (Å²) < 4.78 is 20.8. The third kappa shape index (κ3) is 3.69. The van der Waals surface area contributed by atoms with Crippen LogP contribution in [0.15, 0.2) is 54.6 Å². The van der Waals surface area contributed by atoms with Gasteiger partial charge in [0.2, 0.25) is 5.88 Å². The fraction of sp³-hybridized carbons (Fsp3) is 0.238. The van der Waals surface area contributed by atoms with Gasteiger partial charge in [-0.2, -0.15) is 0 Å². The molecule has 0 atom stereocenters. The third-order valence-electron chi connectivity index (χ3n) is 4.79. The smallest absolute Gasteiger partial charge is 0.254 e. The Morgan fingerprint density at radius 1 is 1.15 bits per heavy atom. The van der Waals surface area contributed by atoms with Crippen LogP contribution in [-0.2, 0) is 19.7 Å². The van der Waals surface area contributed by atoms with Crippen molar-refractivity contribution in [3.63, 3.8) is 0 Å². The highest BCUT2D eigenvalue weighted by Gasteiger charge is 2.23. The first-order valence-electron chi connectivity index (χ1n) is 8.89. The molecule has 3 aromatic rings. The summed E-state index contributed by atoms with van der Waals surface area (Å²) in [5.74, 6) is 0.105. The number of halogens is 1. The van der Waals surface area contributed by atoms with Gasteiger partial charge in [-0.05, 0) is 42.3 Å². The lowest BCUT2D eigenvalue weighted by atomic mass is 10.1. The monoisotopic (exact) mass is 365 g/mol. The van der Waals surface area contributed by atoms with Crippen molar-refractivity contribution in [3.8, 4) is 5.88 Å². The summed E-state index contributed by atoms with van der Waals surface area (Å²) in [6.07, 6.45) is 0. The van der Waals surface area contributed by atoms with E-state index in [1.54, 1.807) is 4.90 Å². The van der Waals surface area contributed by atoms with E-state index in [9.17, 15) is 9.18 Å². The number of rotatable bonds is 4. The molecule has 1 aliphatic heterocycles. The Hall–Kier alpha value is -3.15. The van der Waals surface area contributed by atoms with Crippen LogP contribution in [0.2, 0.25) is 0 Å². The lowest BCUT2D eigenvalue weighted by Crippen LogP contribution is -2.38. The number of benzene rings is 2. The Morgan fingerprint density at radius 3 is 2.70 bits per heavy atom. The predicted octanol–water partition coefficient (Wildman–Crippen LogP) is 3.57. The van der Waals surface area contributed by atoms with Crippen LogP contribution in [0.1, 0.15) is 27.2 Å². The number of nitrogens with zero attached hydrogens (tertiary/aromatic N) is 3. The van der Waals surface area contributed by atoms with E-state index in [-0.39, 0.29) is 11.7 Å². The van der Waals surface area contributed by atoms with Crippen LogP contribution >= 0.6 is 0 Å². The molecular formula is C21H20FN3O2. The Kier molecular flexibility index (Phi) is 4.62. The van der Waals surface area contributed by atoms with Crippen LogP contribution < -0.4 is 4.74 Å². The highest BCUT2D eigenvalue weighted by molar-refractivity contribution is 5.94. The highest BCUT2D eigenvalue weighted by Crippen LogP contribution is 2.21. The van der Waals surface area contributed by atoms with Gasteiger partial charge >= 0.3 is 0 Å². The molecule has 4 rings (SSSR count). The summed E-state index contributed by atoms with van der Waals surface area (Å²) in [6.45, 7) is 4.13. The van der Waals surface area contributed by atoms with E-state index in [1.807, 2.05) is 28.9 Å². The van der Waals surface area contributed by atoms with Gasteiger partial charge in [0.1, 0.15) is 12.4 Å². The zero-order chi connectivity index (χ0) is 18.8. The molecule has 5 nitrogen and oxygen atoms in total. The fourth-order valence-electron chi connectivity index (χ4n) is 3.18. The summed E-state index contributed by atoms with van der Waals surface area (Å²) in [6, 6.07) is 15.6. The number of carbonyl (C=O) groups is 1. The number of hydrogen-bond acceptors (Lipinski definition) is 3. The largest absolute Gasteiger partial charge is 0.472 e. The van der Waals surface area contributed by atoms with Crippen LogP contribution in [0, 0.1) is 12.7 Å². The molecule has 1 amide bonds. The SMILES string of the molecule is Cc1ccccc1COc1cc2n(n1)CCN(C(=O)c1ccc(F)cc1)C2. The Labute approximate surface area is 157 Å². The number of carbonyl (C=O) groups excluding carboxylic acids is 1. The Morgan fingerprint density at radius 2 is 1.93 bits per heavy atom. The van der Waals surface area contributed by atoms with E-state index in [2.05, 4.69) is 18.1 Å². The van der Waals surface area contributed by atoms with Gasteiger partial charge in [-0.1, -0.05) is 24.3 Å². The van der Waals surface area contributed by atoms with Crippen LogP contribution in [-0.4, -0.2) is 27.1 Å². The first-order chi connectivity index (χ1) is 13.1. The molecule has 27 heavy (non-hydrogen) atoms. The van der Waals surface area contributed by atoms with Crippen molar-refractivity contribution in [3.05, 3.63) is 82.8 Å². The molecule has 2 aromatic carbocycles. The van der Waals surface area contributed by atoms with Crippen LogP contribution in [0.4, 0.5) is 4.39 Å². The van der Waals surface area contributed by atoms with E-state index in [0.29, 0.717) is 37.7 Å². The summed E-state index contributed by atoms with van der Waals surface area (Å²) >= 11 is 0. The van der Waals surface area contributed by atoms with Crippen LogP contribution in [0.5, 0.6) is 5.88 Å². The predicted molar refractivity (Wildman–Crippen MR) is 98.9 cm³/mol. The van der Waals surface area contributed by atoms with Gasteiger partial charge in [0.15, 0.2) is 0 Å². The molecule has 0 spiro atoms. The van der Waals surface area contributed by atoms with E-state index in [0.717, 1.165) is 11.3 Å². The molecule has 0 fully saturated rings. The normalized spacial score (nSPS) is 13.3. The number of hydrogen-bond donors (Lipinski definition) is 0. The lowest BCUT2D eigenvalue weighted by Gasteiger charge is -2.27. The zero-order valence-corrected chi connectivity index (χ0v) is 15.1. The molecule has 0 bridgehead atoms. The zero-order valence-electron chi connectivity index (χ0n) is 15.1. The van der Waals surface area contributed by atoms with Crippen molar-refractivity contribution in [2.45, 2.75) is 26.6 Å². The standard InChI is InChI=1S/C21H20FN3O2/c1-15-4-2-3-5-17(15)14-27-20-12-19-13-24(10-11-25(19)23-20)21(26)16-6-8-18(22)9-7-16/h2-9,12H,10-11,13-14H2,1H3. The van der Waals surface area contributed by atoms with Crippen molar-refractivity contribution < 1.29 is 13.9 Å². The third-order valence-corrected chi connectivity index (χ3v) is 4.79. The molecule has 0 saturated carbocycles. The molecule has 1 aromatic heterocycles.